The Balaban J connectivity index is 1.92. The molecule has 0 radical (unpaired) electrons. The average molecular weight is 347 g/mol. The zero-order valence-electron chi connectivity index (χ0n) is 26.9. The van der Waals surface area contributed by atoms with Gasteiger partial charge in [0.05, 0.1) is 35.7 Å². The van der Waals surface area contributed by atoms with Gasteiger partial charge in [-0.25, -0.2) is 4.98 Å². The molecule has 3 aromatic carbocycles. The fourth-order valence-corrected chi connectivity index (χ4v) is 3.10. The van der Waals surface area contributed by atoms with Crippen molar-refractivity contribution >= 4 is 43.6 Å². The zero-order chi connectivity index (χ0) is 29.3. The molecule has 0 atom stereocenters. The SMILES string of the molecule is [2H]c1c([2H])c([2H])c2c([nH]c3c([2H])c(-n4c5c([2H])c([2H])c([2H])c([2H])c5c5c([2H])c([2H])c([2H])c([2H])c54)nc([2H])c32)c1[2H]. The second kappa shape index (κ2) is 4.96. The number of aromatic nitrogens is 3. The summed E-state index contributed by atoms with van der Waals surface area (Å²) in [7, 11) is 0. The molecular weight excluding hydrogens is 318 g/mol. The molecule has 0 saturated heterocycles. The van der Waals surface area contributed by atoms with E-state index in [1.54, 1.807) is 0 Å². The van der Waals surface area contributed by atoms with E-state index in [9.17, 15) is 0 Å². The van der Waals surface area contributed by atoms with E-state index >= 15 is 0 Å². The topological polar surface area (TPSA) is 33.6 Å². The molecule has 0 amide bonds. The van der Waals surface area contributed by atoms with E-state index in [4.69, 9.17) is 19.2 Å². The molecule has 3 heteroatoms. The van der Waals surface area contributed by atoms with Gasteiger partial charge < -0.3 is 4.98 Å². The van der Waals surface area contributed by atoms with Crippen LogP contribution in [0.3, 0.4) is 0 Å². The lowest BCUT2D eigenvalue weighted by atomic mass is 10.2. The van der Waals surface area contributed by atoms with E-state index in [-0.39, 0.29) is 43.6 Å². The molecule has 6 aromatic rings. The molecule has 3 nitrogen and oxygen atoms in total. The van der Waals surface area contributed by atoms with Crippen LogP contribution in [0, 0.1) is 0 Å². The first-order valence-electron chi connectivity index (χ1n) is 14.6. The molecule has 3 heterocycles. The van der Waals surface area contributed by atoms with Crippen molar-refractivity contribution in [3.63, 3.8) is 0 Å². The van der Waals surface area contributed by atoms with E-state index in [1.165, 1.54) is 0 Å². The number of H-pyrrole nitrogens is 1. The first-order chi connectivity index (χ1) is 18.7. The molecule has 0 unspecified atom stereocenters. The number of rotatable bonds is 1. The van der Waals surface area contributed by atoms with Crippen LogP contribution in [0.5, 0.6) is 0 Å². The summed E-state index contributed by atoms with van der Waals surface area (Å²) >= 11 is 0. The molecule has 0 bridgehead atoms. The highest BCUT2D eigenvalue weighted by atomic mass is 15.1. The Labute approximate surface area is 169 Å². The fraction of sp³-hybridized carbons (Fsp3) is 0. The quantitative estimate of drug-likeness (QED) is 0.400. The summed E-state index contributed by atoms with van der Waals surface area (Å²) < 4.78 is 118. The van der Waals surface area contributed by atoms with Gasteiger partial charge in [0, 0.05) is 39.3 Å². The maximum Gasteiger partial charge on any atom is 0.139 e. The van der Waals surface area contributed by atoms with Gasteiger partial charge in [0.2, 0.25) is 0 Å². The Morgan fingerprint density at radius 2 is 1.31 bits per heavy atom. The molecule has 0 fully saturated rings. The number of para-hydroxylation sites is 3. The van der Waals surface area contributed by atoms with Gasteiger partial charge in [-0.1, -0.05) is 54.4 Å². The van der Waals surface area contributed by atoms with E-state index in [1.807, 2.05) is 0 Å². The van der Waals surface area contributed by atoms with Gasteiger partial charge in [0.25, 0.3) is 0 Å². The van der Waals surface area contributed by atoms with Crippen LogP contribution in [0.25, 0.3) is 49.4 Å². The lowest BCUT2D eigenvalue weighted by molar-refractivity contribution is 1.09. The van der Waals surface area contributed by atoms with Crippen LogP contribution in [0.4, 0.5) is 0 Å². The first-order valence-corrected chi connectivity index (χ1v) is 7.62. The number of hydrogen-bond acceptors (Lipinski definition) is 1. The van der Waals surface area contributed by atoms with Crippen molar-refractivity contribution < 1.29 is 19.2 Å². The maximum atomic E-state index is 8.99. The largest absolute Gasteiger partial charge is 0.354 e. The van der Waals surface area contributed by atoms with Crippen LogP contribution in [-0.2, 0) is 0 Å². The average Bonchev–Trinajstić information content (AvgIpc) is 3.50. The van der Waals surface area contributed by atoms with Gasteiger partial charge >= 0.3 is 0 Å². The van der Waals surface area contributed by atoms with Crippen LogP contribution in [-0.4, -0.2) is 14.5 Å². The highest BCUT2D eigenvalue weighted by molar-refractivity contribution is 6.10. The van der Waals surface area contributed by atoms with Gasteiger partial charge in [-0.15, -0.1) is 0 Å². The van der Waals surface area contributed by atoms with Crippen molar-refractivity contribution in [2.45, 2.75) is 0 Å². The van der Waals surface area contributed by atoms with Gasteiger partial charge in [-0.3, -0.25) is 4.57 Å². The Bertz CT molecular complexity index is 2080. The minimum absolute atomic E-state index is 0.0513. The lowest BCUT2D eigenvalue weighted by Gasteiger charge is -2.06. The van der Waals surface area contributed by atoms with Crippen molar-refractivity contribution in [1.29, 1.82) is 0 Å². The predicted molar refractivity (Wildman–Crippen MR) is 108 cm³/mol. The predicted octanol–water partition coefficient (Wildman–Crippen LogP) is 5.81. The summed E-state index contributed by atoms with van der Waals surface area (Å²) in [6, 6.07) is -7.23. The Morgan fingerprint density at radius 1 is 0.692 bits per heavy atom. The number of aromatic amines is 1. The monoisotopic (exact) mass is 347 g/mol. The Hall–Kier alpha value is -3.59. The molecular formula is C23H15N3. The van der Waals surface area contributed by atoms with Gasteiger partial charge in [0.1, 0.15) is 5.82 Å². The number of pyridine rings is 1. The van der Waals surface area contributed by atoms with Gasteiger partial charge in [0.15, 0.2) is 0 Å². The number of nitrogens with zero attached hydrogens (tertiary/aromatic N) is 2. The molecule has 3 aromatic heterocycles. The maximum absolute atomic E-state index is 8.99. The van der Waals surface area contributed by atoms with E-state index < -0.39 is 90.5 Å². The summed E-state index contributed by atoms with van der Waals surface area (Å²) in [5.41, 5.74) is -0.706. The third-order valence-electron chi connectivity index (χ3n) is 4.19. The summed E-state index contributed by atoms with van der Waals surface area (Å²) in [6.07, 6.45) is -0.519. The van der Waals surface area contributed by atoms with Crippen molar-refractivity contribution in [2.75, 3.05) is 0 Å². The van der Waals surface area contributed by atoms with Crippen LogP contribution in [0.2, 0.25) is 0 Å². The van der Waals surface area contributed by atoms with E-state index in [2.05, 4.69) is 9.97 Å². The third kappa shape index (κ3) is 1.74. The number of fused-ring (bicyclic) bond motifs is 6. The van der Waals surface area contributed by atoms with Gasteiger partial charge in [-0.05, 0) is 18.1 Å². The Kier molecular flexibility index (Phi) is 1.14. The molecule has 0 aliphatic heterocycles. The molecule has 0 aliphatic rings. The van der Waals surface area contributed by atoms with Crippen molar-refractivity contribution in [1.82, 2.24) is 14.5 Å². The molecule has 6 rings (SSSR count). The van der Waals surface area contributed by atoms with Crippen molar-refractivity contribution in [3.05, 3.63) is 84.7 Å². The molecule has 26 heavy (non-hydrogen) atoms. The Morgan fingerprint density at radius 3 is 2.04 bits per heavy atom. The number of nitrogens with one attached hydrogen (secondary N) is 1. The highest BCUT2D eigenvalue weighted by Gasteiger charge is 2.13. The van der Waals surface area contributed by atoms with E-state index in [0.29, 0.717) is 0 Å². The molecule has 0 aliphatic carbocycles. The molecule has 0 saturated carbocycles. The molecule has 1 N–H and O–H groups in total. The molecule has 122 valence electrons. The number of hydrogen-bond donors (Lipinski definition) is 1. The standard InChI is InChI=1S/C23H15N3/c1-4-10-19-15(7-1)18-14-24-23(13-20(18)25-19)26-21-11-5-2-8-16(21)17-9-3-6-12-22(17)26/h1-14,25H/i1D,2D,3D,4D,5D,6D,7D,8D,9D,10D,11D,12D,13D,14D. The highest BCUT2D eigenvalue weighted by Crippen LogP contribution is 2.32. The van der Waals surface area contributed by atoms with Gasteiger partial charge in [-0.2, -0.15) is 0 Å². The fourth-order valence-electron chi connectivity index (χ4n) is 3.10. The summed E-state index contributed by atoms with van der Waals surface area (Å²) in [5, 5.41) is -0.543. The normalized spacial score (nSPS) is 19.4. The molecule has 0 spiro atoms. The summed E-state index contributed by atoms with van der Waals surface area (Å²) in [5.74, 6) is -0.394. The lowest BCUT2D eigenvalue weighted by Crippen LogP contribution is -1.96. The van der Waals surface area contributed by atoms with Crippen LogP contribution in [0.15, 0.2) is 84.7 Å². The first kappa shape index (κ1) is 5.99. The minimum atomic E-state index is -0.648. The second-order valence-corrected chi connectivity index (χ2v) is 5.58. The summed E-state index contributed by atoms with van der Waals surface area (Å²) in [6.45, 7) is 0. The van der Waals surface area contributed by atoms with Crippen LogP contribution in [0.1, 0.15) is 19.2 Å². The minimum Gasteiger partial charge on any atom is -0.354 e. The summed E-state index contributed by atoms with van der Waals surface area (Å²) in [4.78, 5) is 6.98. The van der Waals surface area contributed by atoms with E-state index in [0.717, 1.165) is 4.57 Å². The zero-order valence-corrected chi connectivity index (χ0v) is 12.9. The van der Waals surface area contributed by atoms with Crippen molar-refractivity contribution in [3.8, 4) is 5.82 Å². The smallest absolute Gasteiger partial charge is 0.139 e. The van der Waals surface area contributed by atoms with Crippen LogP contribution >= 0.6 is 0 Å². The third-order valence-corrected chi connectivity index (χ3v) is 4.19. The second-order valence-electron chi connectivity index (χ2n) is 5.58. The number of benzene rings is 3. The van der Waals surface area contributed by atoms with Crippen molar-refractivity contribution in [2.24, 2.45) is 0 Å². The van der Waals surface area contributed by atoms with Crippen LogP contribution < -0.4 is 0 Å².